The van der Waals surface area contributed by atoms with E-state index in [1.807, 2.05) is 18.2 Å². The highest BCUT2D eigenvalue weighted by atomic mass is 16.5. The number of benzene rings is 1. The fourth-order valence-electron chi connectivity index (χ4n) is 2.91. The minimum atomic E-state index is -0.393. The summed E-state index contributed by atoms with van der Waals surface area (Å²) in [5.74, 6) is 1.99. The molecule has 2 aliphatic rings. The number of aromatic nitrogens is 6. The molecule has 26 heavy (non-hydrogen) atoms. The van der Waals surface area contributed by atoms with Gasteiger partial charge in [-0.05, 0) is 24.1 Å². The summed E-state index contributed by atoms with van der Waals surface area (Å²) in [4.78, 5) is 17.9. The van der Waals surface area contributed by atoms with Crippen molar-refractivity contribution in [3.8, 4) is 17.1 Å². The molecular weight excluding hydrogens is 338 g/mol. The lowest BCUT2D eigenvalue weighted by Gasteiger charge is -2.09. The average molecular weight is 353 g/mol. The van der Waals surface area contributed by atoms with Crippen LogP contribution in [0.2, 0.25) is 0 Å². The van der Waals surface area contributed by atoms with E-state index in [0.717, 1.165) is 24.0 Å². The first-order valence-corrected chi connectivity index (χ1v) is 8.33. The van der Waals surface area contributed by atoms with Crippen LogP contribution in [0.5, 0.6) is 5.75 Å². The molecule has 0 spiro atoms. The van der Waals surface area contributed by atoms with Crippen LogP contribution in [0.1, 0.15) is 46.9 Å². The molecule has 1 aliphatic heterocycles. The molecule has 0 unspecified atom stereocenters. The van der Waals surface area contributed by atoms with Crippen molar-refractivity contribution in [2.24, 2.45) is 7.05 Å². The molecule has 5 rings (SSSR count). The van der Waals surface area contributed by atoms with E-state index in [0.29, 0.717) is 30.0 Å². The molecule has 1 saturated carbocycles. The maximum absolute atomic E-state index is 12.2. The van der Waals surface area contributed by atoms with E-state index in [4.69, 9.17) is 9.26 Å². The fraction of sp³-hybridized carbons (Fsp3) is 0.375. The van der Waals surface area contributed by atoms with Crippen molar-refractivity contribution < 1.29 is 14.1 Å². The second-order valence-electron chi connectivity index (χ2n) is 6.42. The number of carbonyl (C=O) groups excluding carboxylic acids is 1. The Balaban J connectivity index is 1.35. The molecule has 1 atom stereocenters. The highest BCUT2D eigenvalue weighted by molar-refractivity contribution is 5.90. The molecule has 2 aromatic heterocycles. The van der Waals surface area contributed by atoms with Crippen molar-refractivity contribution in [2.45, 2.75) is 24.8 Å². The number of rotatable bonds is 4. The van der Waals surface area contributed by atoms with Crippen LogP contribution in [0.15, 0.2) is 22.7 Å². The van der Waals surface area contributed by atoms with Crippen molar-refractivity contribution in [3.63, 3.8) is 0 Å². The van der Waals surface area contributed by atoms with Crippen molar-refractivity contribution in [1.29, 1.82) is 0 Å². The fourth-order valence-corrected chi connectivity index (χ4v) is 2.91. The zero-order chi connectivity index (χ0) is 17.7. The van der Waals surface area contributed by atoms with Crippen LogP contribution in [0.25, 0.3) is 11.4 Å². The van der Waals surface area contributed by atoms with Gasteiger partial charge in [-0.2, -0.15) is 9.78 Å². The lowest BCUT2D eigenvalue weighted by Crippen LogP contribution is -2.30. The Bertz CT molecular complexity index is 991. The molecule has 1 aliphatic carbocycles. The van der Waals surface area contributed by atoms with Gasteiger partial charge >= 0.3 is 0 Å². The predicted octanol–water partition coefficient (Wildman–Crippen LogP) is 1.00. The molecule has 132 valence electrons. The van der Waals surface area contributed by atoms with Gasteiger partial charge in [-0.15, -0.1) is 10.2 Å². The Morgan fingerprint density at radius 1 is 1.35 bits per heavy atom. The predicted molar refractivity (Wildman–Crippen MR) is 86.2 cm³/mol. The number of carbonyl (C=O) groups is 1. The zero-order valence-corrected chi connectivity index (χ0v) is 13.9. The van der Waals surface area contributed by atoms with Gasteiger partial charge in [-0.3, -0.25) is 4.79 Å². The van der Waals surface area contributed by atoms with Crippen molar-refractivity contribution in [1.82, 2.24) is 35.7 Å². The Labute approximate surface area is 147 Å². The van der Waals surface area contributed by atoms with Gasteiger partial charge in [0.05, 0.1) is 13.1 Å². The van der Waals surface area contributed by atoms with E-state index in [1.165, 1.54) is 4.80 Å². The minimum absolute atomic E-state index is 0.0250. The SMILES string of the molecule is Cn1nnc(C(=O)N[C@@H]2COc3cc(-c4noc(C5CC5)n4)ccc32)n1. The molecule has 0 saturated heterocycles. The quantitative estimate of drug-likeness (QED) is 0.737. The van der Waals surface area contributed by atoms with Crippen LogP contribution in [0, 0.1) is 0 Å². The standard InChI is InChI=1S/C16H15N7O3/c1-23-20-14(19-22-23)15(24)17-11-7-25-12-6-9(4-5-10(11)12)13-18-16(26-21-13)8-2-3-8/h4-6,8,11H,2-3,7H2,1H3,(H,17,24)/t11-/m1/s1. The Kier molecular flexibility index (Phi) is 3.24. The van der Waals surface area contributed by atoms with Crippen molar-refractivity contribution in [3.05, 3.63) is 35.5 Å². The van der Waals surface area contributed by atoms with Gasteiger partial charge in [0.2, 0.25) is 11.7 Å². The third-order valence-corrected chi connectivity index (χ3v) is 4.44. The number of nitrogens with one attached hydrogen (secondary N) is 1. The molecule has 0 bridgehead atoms. The topological polar surface area (TPSA) is 121 Å². The third-order valence-electron chi connectivity index (χ3n) is 4.44. The first kappa shape index (κ1) is 15.0. The summed E-state index contributed by atoms with van der Waals surface area (Å²) in [6.07, 6.45) is 2.22. The maximum atomic E-state index is 12.2. The van der Waals surface area contributed by atoms with Crippen LogP contribution < -0.4 is 10.1 Å². The molecule has 10 nitrogen and oxygen atoms in total. The summed E-state index contributed by atoms with van der Waals surface area (Å²) in [5, 5.41) is 18.2. The summed E-state index contributed by atoms with van der Waals surface area (Å²) in [5.41, 5.74) is 1.71. The number of tetrazole rings is 1. The first-order chi connectivity index (χ1) is 12.7. The first-order valence-electron chi connectivity index (χ1n) is 8.33. The van der Waals surface area contributed by atoms with Crippen LogP contribution >= 0.6 is 0 Å². The van der Waals surface area contributed by atoms with E-state index < -0.39 is 5.91 Å². The zero-order valence-electron chi connectivity index (χ0n) is 13.9. The monoisotopic (exact) mass is 353 g/mol. The normalized spacial score (nSPS) is 18.4. The Morgan fingerprint density at radius 3 is 3.00 bits per heavy atom. The number of hydrogen-bond donors (Lipinski definition) is 1. The van der Waals surface area contributed by atoms with E-state index in [-0.39, 0.29) is 11.9 Å². The molecule has 1 amide bonds. The third kappa shape index (κ3) is 2.59. The van der Waals surface area contributed by atoms with Crippen LogP contribution in [0.3, 0.4) is 0 Å². The summed E-state index contributed by atoms with van der Waals surface area (Å²) in [6, 6.07) is 5.39. The summed E-state index contributed by atoms with van der Waals surface area (Å²) in [6.45, 7) is 0.338. The summed E-state index contributed by atoms with van der Waals surface area (Å²) in [7, 11) is 1.60. The van der Waals surface area contributed by atoms with Crippen LogP contribution in [-0.2, 0) is 7.05 Å². The smallest absolute Gasteiger partial charge is 0.293 e. The van der Waals surface area contributed by atoms with Gasteiger partial charge in [-0.1, -0.05) is 17.3 Å². The van der Waals surface area contributed by atoms with Gasteiger partial charge in [0.25, 0.3) is 11.7 Å². The van der Waals surface area contributed by atoms with Gasteiger partial charge in [0, 0.05) is 17.0 Å². The van der Waals surface area contributed by atoms with Crippen LogP contribution in [0.4, 0.5) is 0 Å². The van der Waals surface area contributed by atoms with Gasteiger partial charge in [-0.25, -0.2) is 0 Å². The van der Waals surface area contributed by atoms with Crippen LogP contribution in [-0.4, -0.2) is 42.9 Å². The molecular formula is C16H15N7O3. The number of fused-ring (bicyclic) bond motifs is 1. The van der Waals surface area contributed by atoms with E-state index in [9.17, 15) is 4.79 Å². The largest absolute Gasteiger partial charge is 0.491 e. The van der Waals surface area contributed by atoms with Crippen molar-refractivity contribution in [2.75, 3.05) is 6.61 Å². The molecule has 0 radical (unpaired) electrons. The molecule has 10 heteroatoms. The van der Waals surface area contributed by atoms with E-state index >= 15 is 0 Å². The lowest BCUT2D eigenvalue weighted by atomic mass is 10.1. The van der Waals surface area contributed by atoms with E-state index in [2.05, 4.69) is 30.9 Å². The molecule has 3 heterocycles. The number of hydrogen-bond acceptors (Lipinski definition) is 8. The number of nitrogens with zero attached hydrogens (tertiary/aromatic N) is 6. The van der Waals surface area contributed by atoms with E-state index in [1.54, 1.807) is 7.05 Å². The number of amides is 1. The summed E-state index contributed by atoms with van der Waals surface area (Å²) < 4.78 is 11.0. The highest BCUT2D eigenvalue weighted by Gasteiger charge is 2.31. The van der Waals surface area contributed by atoms with Gasteiger partial charge in [0.15, 0.2) is 0 Å². The highest BCUT2D eigenvalue weighted by Crippen LogP contribution is 2.40. The molecule has 1 fully saturated rings. The van der Waals surface area contributed by atoms with Gasteiger partial charge in [0.1, 0.15) is 12.4 Å². The van der Waals surface area contributed by atoms with Crippen molar-refractivity contribution >= 4 is 5.91 Å². The maximum Gasteiger partial charge on any atom is 0.293 e. The Morgan fingerprint density at radius 2 is 2.23 bits per heavy atom. The number of ether oxygens (including phenoxy) is 1. The molecule has 1 N–H and O–H groups in total. The molecule has 3 aromatic rings. The van der Waals surface area contributed by atoms with Gasteiger partial charge < -0.3 is 14.6 Å². The lowest BCUT2D eigenvalue weighted by molar-refractivity contribution is 0.0919. The average Bonchev–Trinajstić information content (AvgIpc) is 3.06. The molecule has 1 aromatic carbocycles. The Hall–Kier alpha value is -3.30. The number of aryl methyl sites for hydroxylation is 1. The summed E-state index contributed by atoms with van der Waals surface area (Å²) >= 11 is 0. The second-order valence-corrected chi connectivity index (χ2v) is 6.42. The minimum Gasteiger partial charge on any atom is -0.491 e. The second kappa shape index (κ2) is 5.61.